The van der Waals surface area contributed by atoms with Crippen LogP contribution >= 0.6 is 0 Å². The highest BCUT2D eigenvalue weighted by atomic mass is 19.1. The Labute approximate surface area is 104 Å². The average Bonchev–Trinajstić information content (AvgIpc) is 2.35. The molecule has 100 valence electrons. The fourth-order valence-corrected chi connectivity index (χ4v) is 1.57. The normalized spacial score (nSPS) is 13.6. The summed E-state index contributed by atoms with van der Waals surface area (Å²) in [6.45, 7) is 2.20. The molecule has 0 spiro atoms. The van der Waals surface area contributed by atoms with Crippen LogP contribution in [-0.4, -0.2) is 17.1 Å². The number of hydrogen-bond donors (Lipinski definition) is 3. The maximum absolute atomic E-state index is 13.4. The van der Waals surface area contributed by atoms with Crippen LogP contribution in [0.5, 0.6) is 0 Å². The number of benzene rings is 1. The Bertz CT molecular complexity index is 424. The van der Waals surface area contributed by atoms with Crippen molar-refractivity contribution in [1.29, 1.82) is 0 Å². The number of amidine groups is 1. The van der Waals surface area contributed by atoms with E-state index in [1.54, 1.807) is 0 Å². The van der Waals surface area contributed by atoms with E-state index in [-0.39, 0.29) is 18.4 Å². The third-order valence-electron chi connectivity index (χ3n) is 2.67. The summed E-state index contributed by atoms with van der Waals surface area (Å²) in [5.74, 6) is -1.06. The Morgan fingerprint density at radius 1 is 1.50 bits per heavy atom. The fourth-order valence-electron chi connectivity index (χ4n) is 1.57. The number of rotatable bonds is 6. The molecule has 0 saturated heterocycles. The molecule has 4 N–H and O–H groups in total. The van der Waals surface area contributed by atoms with Gasteiger partial charge in [0.2, 0.25) is 0 Å². The predicted molar refractivity (Wildman–Crippen MR) is 65.3 cm³/mol. The van der Waals surface area contributed by atoms with E-state index in [9.17, 15) is 8.78 Å². The minimum atomic E-state index is -0.597. The molecule has 0 fully saturated rings. The number of hydrogen-bond acceptors (Lipinski definition) is 3. The van der Waals surface area contributed by atoms with Crippen LogP contribution in [0, 0.1) is 11.6 Å². The van der Waals surface area contributed by atoms with E-state index in [2.05, 4.69) is 10.5 Å². The second-order valence-corrected chi connectivity index (χ2v) is 4.02. The van der Waals surface area contributed by atoms with E-state index < -0.39 is 11.6 Å². The molecule has 6 heteroatoms. The first kappa shape index (κ1) is 14.4. The molecule has 1 unspecified atom stereocenters. The van der Waals surface area contributed by atoms with Crippen molar-refractivity contribution in [2.75, 3.05) is 0 Å². The standard InChI is InChI=1S/C12H17F2N3O/c1-2-10(6-12(15)17-18)16-7-8-3-4-9(13)5-11(8)14/h3-5,10,16,18H,2,6-7H2,1H3,(H2,15,17). The minimum Gasteiger partial charge on any atom is -0.409 e. The van der Waals surface area contributed by atoms with Gasteiger partial charge in [0.25, 0.3) is 0 Å². The Morgan fingerprint density at radius 2 is 2.22 bits per heavy atom. The lowest BCUT2D eigenvalue weighted by molar-refractivity contribution is 0.315. The van der Waals surface area contributed by atoms with Gasteiger partial charge in [-0.2, -0.15) is 0 Å². The number of nitrogens with two attached hydrogens (primary N) is 1. The quantitative estimate of drug-likeness (QED) is 0.316. The van der Waals surface area contributed by atoms with Crippen LogP contribution < -0.4 is 11.1 Å². The van der Waals surface area contributed by atoms with Crippen LogP contribution in [0.4, 0.5) is 8.78 Å². The molecule has 0 saturated carbocycles. The van der Waals surface area contributed by atoms with E-state index in [1.807, 2.05) is 6.92 Å². The van der Waals surface area contributed by atoms with Gasteiger partial charge in [-0.05, 0) is 12.5 Å². The molecule has 0 aliphatic rings. The second-order valence-electron chi connectivity index (χ2n) is 4.02. The largest absolute Gasteiger partial charge is 0.409 e. The Kier molecular flexibility index (Phi) is 5.51. The van der Waals surface area contributed by atoms with Crippen molar-refractivity contribution in [3.8, 4) is 0 Å². The highest BCUT2D eigenvalue weighted by molar-refractivity contribution is 5.80. The number of nitrogens with zero attached hydrogens (tertiary/aromatic N) is 1. The second kappa shape index (κ2) is 6.90. The fraction of sp³-hybridized carbons (Fsp3) is 0.417. The molecule has 0 aliphatic heterocycles. The predicted octanol–water partition coefficient (Wildman–Crippen LogP) is 1.97. The van der Waals surface area contributed by atoms with Gasteiger partial charge in [-0.15, -0.1) is 0 Å². The SMILES string of the molecule is CCC(CC(N)=NO)NCc1ccc(F)cc1F. The van der Waals surface area contributed by atoms with Crippen molar-refractivity contribution in [3.63, 3.8) is 0 Å². The Balaban J connectivity index is 2.57. The summed E-state index contributed by atoms with van der Waals surface area (Å²) in [5.41, 5.74) is 5.79. The van der Waals surface area contributed by atoms with Crippen LogP contribution in [0.2, 0.25) is 0 Å². The van der Waals surface area contributed by atoms with Crippen LogP contribution in [0.15, 0.2) is 23.4 Å². The molecule has 0 aromatic heterocycles. The summed E-state index contributed by atoms with van der Waals surface area (Å²) < 4.78 is 26.1. The van der Waals surface area contributed by atoms with Crippen LogP contribution in [0.3, 0.4) is 0 Å². The molecular formula is C12H17F2N3O. The van der Waals surface area contributed by atoms with Gasteiger partial charge in [-0.3, -0.25) is 0 Å². The smallest absolute Gasteiger partial charge is 0.140 e. The highest BCUT2D eigenvalue weighted by Crippen LogP contribution is 2.10. The minimum absolute atomic E-state index is 0.0228. The zero-order chi connectivity index (χ0) is 13.5. The maximum Gasteiger partial charge on any atom is 0.140 e. The van der Waals surface area contributed by atoms with Crippen LogP contribution in [0.25, 0.3) is 0 Å². The summed E-state index contributed by atoms with van der Waals surface area (Å²) in [4.78, 5) is 0. The topological polar surface area (TPSA) is 70.6 Å². The summed E-state index contributed by atoms with van der Waals surface area (Å²) in [5, 5.41) is 14.4. The lowest BCUT2D eigenvalue weighted by Gasteiger charge is -2.16. The molecule has 1 aromatic rings. The van der Waals surface area contributed by atoms with Gasteiger partial charge >= 0.3 is 0 Å². The zero-order valence-corrected chi connectivity index (χ0v) is 10.2. The lowest BCUT2D eigenvalue weighted by Crippen LogP contribution is -2.33. The van der Waals surface area contributed by atoms with Crippen LogP contribution in [-0.2, 0) is 6.54 Å². The Morgan fingerprint density at radius 3 is 2.78 bits per heavy atom. The molecule has 18 heavy (non-hydrogen) atoms. The van der Waals surface area contributed by atoms with Crippen molar-refractivity contribution >= 4 is 5.84 Å². The monoisotopic (exact) mass is 257 g/mol. The average molecular weight is 257 g/mol. The molecule has 0 heterocycles. The van der Waals surface area contributed by atoms with Gasteiger partial charge in [-0.1, -0.05) is 18.1 Å². The van der Waals surface area contributed by atoms with Crippen molar-refractivity contribution in [3.05, 3.63) is 35.4 Å². The molecule has 0 amide bonds. The van der Waals surface area contributed by atoms with Crippen molar-refractivity contribution < 1.29 is 14.0 Å². The molecule has 1 rings (SSSR count). The number of oxime groups is 1. The van der Waals surface area contributed by atoms with Gasteiger partial charge in [0.05, 0.1) is 0 Å². The van der Waals surface area contributed by atoms with Gasteiger partial charge in [0.15, 0.2) is 0 Å². The van der Waals surface area contributed by atoms with Crippen molar-refractivity contribution in [1.82, 2.24) is 5.32 Å². The molecule has 1 aromatic carbocycles. The van der Waals surface area contributed by atoms with E-state index in [0.29, 0.717) is 12.0 Å². The maximum atomic E-state index is 13.4. The van der Waals surface area contributed by atoms with Crippen LogP contribution in [0.1, 0.15) is 25.3 Å². The van der Waals surface area contributed by atoms with E-state index in [1.165, 1.54) is 12.1 Å². The van der Waals surface area contributed by atoms with E-state index >= 15 is 0 Å². The number of halogens is 2. The van der Waals surface area contributed by atoms with Gasteiger partial charge < -0.3 is 16.3 Å². The third-order valence-corrected chi connectivity index (χ3v) is 2.67. The molecule has 4 nitrogen and oxygen atoms in total. The summed E-state index contributed by atoms with van der Waals surface area (Å²) in [7, 11) is 0. The lowest BCUT2D eigenvalue weighted by atomic mass is 10.1. The molecule has 1 atom stereocenters. The number of nitrogens with one attached hydrogen (secondary N) is 1. The van der Waals surface area contributed by atoms with E-state index in [4.69, 9.17) is 10.9 Å². The molecule has 0 radical (unpaired) electrons. The van der Waals surface area contributed by atoms with Crippen molar-refractivity contribution in [2.24, 2.45) is 10.9 Å². The summed E-state index contributed by atoms with van der Waals surface area (Å²) >= 11 is 0. The molecular weight excluding hydrogens is 240 g/mol. The summed E-state index contributed by atoms with van der Waals surface area (Å²) in [6, 6.07) is 3.44. The molecule has 0 bridgehead atoms. The molecule has 0 aliphatic carbocycles. The first-order chi connectivity index (χ1) is 8.56. The zero-order valence-electron chi connectivity index (χ0n) is 10.2. The first-order valence-electron chi connectivity index (χ1n) is 5.70. The highest BCUT2D eigenvalue weighted by Gasteiger charge is 2.10. The Hall–Kier alpha value is -1.69. The van der Waals surface area contributed by atoms with Gasteiger partial charge in [0, 0.05) is 30.6 Å². The van der Waals surface area contributed by atoms with Gasteiger partial charge in [-0.25, -0.2) is 8.78 Å². The van der Waals surface area contributed by atoms with Crippen molar-refractivity contribution in [2.45, 2.75) is 32.4 Å². The summed E-state index contributed by atoms with van der Waals surface area (Å²) in [6.07, 6.45) is 1.12. The third kappa shape index (κ3) is 4.29. The van der Waals surface area contributed by atoms with E-state index in [0.717, 1.165) is 12.5 Å². The van der Waals surface area contributed by atoms with Gasteiger partial charge in [0.1, 0.15) is 17.5 Å². The first-order valence-corrected chi connectivity index (χ1v) is 5.70.